The molecule has 1 saturated heterocycles. The number of para-hydroxylation sites is 1. The number of ether oxygens (including phenoxy) is 2. The van der Waals surface area contributed by atoms with Crippen LogP contribution in [0.1, 0.15) is 50.7 Å². The number of amides is 1. The zero-order chi connectivity index (χ0) is 26.3. The highest BCUT2D eigenvalue weighted by Gasteiger charge is 2.41. The molecule has 0 radical (unpaired) electrons. The third-order valence-electron chi connectivity index (χ3n) is 7.02. The van der Waals surface area contributed by atoms with Crippen LogP contribution in [0.15, 0.2) is 88.8 Å². The number of hydrogen-bond acceptors (Lipinski definition) is 5. The lowest BCUT2D eigenvalue weighted by Gasteiger charge is -2.35. The van der Waals surface area contributed by atoms with Crippen molar-refractivity contribution in [3.63, 3.8) is 0 Å². The molecule has 0 aromatic heterocycles. The van der Waals surface area contributed by atoms with Crippen LogP contribution in [0, 0.1) is 5.92 Å². The highest BCUT2D eigenvalue weighted by Crippen LogP contribution is 2.40. The van der Waals surface area contributed by atoms with Crippen molar-refractivity contribution in [2.75, 3.05) is 6.61 Å². The quantitative estimate of drug-likeness (QED) is 0.281. The molecule has 5 nitrogen and oxygen atoms in total. The van der Waals surface area contributed by atoms with E-state index in [1.165, 1.54) is 18.2 Å². The molecule has 3 aromatic carbocycles. The maximum absolute atomic E-state index is 13.8. The Morgan fingerprint density at radius 1 is 0.947 bits per heavy atom. The number of hydrogen-bond donors (Lipinski definition) is 0. The van der Waals surface area contributed by atoms with Gasteiger partial charge < -0.3 is 9.47 Å². The Bertz CT molecular complexity index is 1310. The maximum Gasteiger partial charge on any atom is 0.267 e. The summed E-state index contributed by atoms with van der Waals surface area (Å²) in [6.45, 7) is 5.20. The molecule has 0 unspecified atom stereocenters. The lowest BCUT2D eigenvalue weighted by atomic mass is 9.85. The molecule has 0 bridgehead atoms. The van der Waals surface area contributed by atoms with Crippen molar-refractivity contribution in [1.29, 1.82) is 0 Å². The summed E-state index contributed by atoms with van der Waals surface area (Å²) < 4.78 is 12.0. The number of amidine groups is 1. The van der Waals surface area contributed by atoms with E-state index in [0.29, 0.717) is 35.5 Å². The Hall–Kier alpha value is -3.51. The Kier molecular flexibility index (Phi) is 8.49. The Balaban J connectivity index is 1.43. The van der Waals surface area contributed by atoms with Gasteiger partial charge in [-0.1, -0.05) is 74.4 Å². The van der Waals surface area contributed by atoms with Gasteiger partial charge in [-0.15, -0.1) is 0 Å². The van der Waals surface area contributed by atoms with Crippen LogP contribution in [0.3, 0.4) is 0 Å². The van der Waals surface area contributed by atoms with E-state index in [1.807, 2.05) is 96.8 Å². The van der Waals surface area contributed by atoms with Gasteiger partial charge in [0.25, 0.3) is 5.91 Å². The van der Waals surface area contributed by atoms with E-state index in [9.17, 15) is 4.79 Å². The predicted octanol–water partition coefficient (Wildman–Crippen LogP) is 7.85. The second-order valence-electron chi connectivity index (χ2n) is 9.76. The summed E-state index contributed by atoms with van der Waals surface area (Å²) in [6.07, 6.45) is 6.46. The minimum Gasteiger partial charge on any atom is -0.490 e. The van der Waals surface area contributed by atoms with E-state index in [0.717, 1.165) is 41.2 Å². The summed E-state index contributed by atoms with van der Waals surface area (Å²) in [6, 6.07) is 26.0. The number of carbonyl (C=O) groups is 1. The van der Waals surface area contributed by atoms with Crippen LogP contribution in [-0.2, 0) is 11.4 Å². The van der Waals surface area contributed by atoms with Gasteiger partial charge in [0.15, 0.2) is 16.7 Å². The first-order valence-corrected chi connectivity index (χ1v) is 14.2. The van der Waals surface area contributed by atoms with Crippen LogP contribution in [-0.4, -0.2) is 28.6 Å². The Morgan fingerprint density at radius 2 is 1.68 bits per heavy atom. The predicted molar refractivity (Wildman–Crippen MR) is 156 cm³/mol. The van der Waals surface area contributed by atoms with Crippen molar-refractivity contribution in [2.24, 2.45) is 10.9 Å². The summed E-state index contributed by atoms with van der Waals surface area (Å²) in [7, 11) is 0. The van der Waals surface area contributed by atoms with Crippen molar-refractivity contribution in [3.05, 3.63) is 94.9 Å². The molecule has 38 heavy (non-hydrogen) atoms. The monoisotopic (exact) mass is 526 g/mol. The third kappa shape index (κ3) is 6.13. The molecule has 1 saturated carbocycles. The van der Waals surface area contributed by atoms with Gasteiger partial charge in [0.2, 0.25) is 0 Å². The van der Waals surface area contributed by atoms with Gasteiger partial charge >= 0.3 is 0 Å². The number of thioether (sulfide) groups is 1. The average molecular weight is 527 g/mol. The number of aliphatic imine (C=N–C) groups is 1. The highest BCUT2D eigenvalue weighted by molar-refractivity contribution is 8.18. The van der Waals surface area contributed by atoms with Crippen LogP contribution >= 0.6 is 11.8 Å². The minimum atomic E-state index is 0.0331. The number of carbonyl (C=O) groups excluding carboxylic acids is 1. The van der Waals surface area contributed by atoms with Crippen LogP contribution in [0.4, 0.5) is 5.69 Å². The fraction of sp³-hybridized carbons (Fsp3) is 0.312. The smallest absolute Gasteiger partial charge is 0.267 e. The largest absolute Gasteiger partial charge is 0.490 e. The molecular weight excluding hydrogens is 492 g/mol. The number of rotatable bonds is 8. The molecule has 0 N–H and O–H groups in total. The van der Waals surface area contributed by atoms with Crippen molar-refractivity contribution in [1.82, 2.24) is 4.90 Å². The Morgan fingerprint density at radius 3 is 2.42 bits per heavy atom. The lowest BCUT2D eigenvalue weighted by Crippen LogP contribution is -2.44. The van der Waals surface area contributed by atoms with Crippen molar-refractivity contribution in [3.8, 4) is 11.5 Å². The van der Waals surface area contributed by atoms with E-state index in [-0.39, 0.29) is 11.9 Å². The molecule has 0 spiro atoms. The van der Waals surface area contributed by atoms with Crippen molar-refractivity contribution >= 4 is 34.6 Å². The molecular formula is C32H34N2O3S. The topological polar surface area (TPSA) is 51.1 Å². The summed E-state index contributed by atoms with van der Waals surface area (Å²) in [5, 5.41) is 0.763. The average Bonchev–Trinajstić information content (AvgIpc) is 3.23. The summed E-state index contributed by atoms with van der Waals surface area (Å²) in [5.41, 5.74) is 2.85. The molecule has 1 aliphatic carbocycles. The molecule has 6 heteroatoms. The normalized spacial score (nSPS) is 21.7. The Labute approximate surface area is 229 Å². The van der Waals surface area contributed by atoms with Crippen LogP contribution in [0.25, 0.3) is 6.08 Å². The molecule has 5 rings (SSSR count). The highest BCUT2D eigenvalue weighted by atomic mass is 32.2. The number of benzene rings is 3. The fourth-order valence-electron chi connectivity index (χ4n) is 5.04. The maximum atomic E-state index is 13.8. The van der Waals surface area contributed by atoms with Gasteiger partial charge in [0.05, 0.1) is 17.2 Å². The van der Waals surface area contributed by atoms with Crippen LogP contribution in [0.2, 0.25) is 0 Å². The van der Waals surface area contributed by atoms with E-state index in [2.05, 4.69) is 6.92 Å². The molecule has 2 aliphatic rings. The van der Waals surface area contributed by atoms with Gasteiger partial charge in [0, 0.05) is 6.04 Å². The van der Waals surface area contributed by atoms with Crippen molar-refractivity contribution < 1.29 is 14.3 Å². The molecule has 1 heterocycles. The summed E-state index contributed by atoms with van der Waals surface area (Å²) in [5.74, 6) is 1.83. The minimum absolute atomic E-state index is 0.0331. The first-order chi connectivity index (χ1) is 18.6. The van der Waals surface area contributed by atoms with E-state index >= 15 is 0 Å². The molecule has 2 fully saturated rings. The standard InChI is InChI=1S/C32H34N2O3S/c1-3-36-29-20-25(18-19-28(29)37-22-24-13-6-4-7-14-24)21-30-31(35)34(27-17-11-10-12-23(27)2)32(38-30)33-26-15-8-5-9-16-26/h4-9,13-16,18-21,23,27H,3,10-12,17,22H2,1-2H3/b30-21-,33-32?/t23-,27-/m0/s1. The molecule has 3 aromatic rings. The third-order valence-corrected chi connectivity index (χ3v) is 8.00. The van der Waals surface area contributed by atoms with Gasteiger partial charge in [-0.05, 0) is 78.9 Å². The second kappa shape index (κ2) is 12.4. The SMILES string of the molecule is CCOc1cc(/C=C2\SC(=Nc3ccccc3)N([C@H]3CCCC[C@@H]3C)C2=O)ccc1OCc1ccccc1. The lowest BCUT2D eigenvalue weighted by molar-refractivity contribution is -0.124. The van der Waals surface area contributed by atoms with Gasteiger partial charge in [-0.2, -0.15) is 0 Å². The first kappa shape index (κ1) is 26.1. The second-order valence-corrected chi connectivity index (χ2v) is 10.8. The van der Waals surface area contributed by atoms with Gasteiger partial charge in [-0.3, -0.25) is 9.69 Å². The molecule has 196 valence electrons. The fourth-order valence-corrected chi connectivity index (χ4v) is 6.08. The van der Waals surface area contributed by atoms with Crippen LogP contribution in [0.5, 0.6) is 11.5 Å². The molecule has 1 aliphatic heterocycles. The van der Waals surface area contributed by atoms with Gasteiger partial charge in [0.1, 0.15) is 6.61 Å². The molecule has 2 atom stereocenters. The van der Waals surface area contributed by atoms with Crippen LogP contribution < -0.4 is 9.47 Å². The van der Waals surface area contributed by atoms with E-state index in [1.54, 1.807) is 0 Å². The zero-order valence-corrected chi connectivity index (χ0v) is 22.8. The summed E-state index contributed by atoms with van der Waals surface area (Å²) in [4.78, 5) is 21.3. The van der Waals surface area contributed by atoms with E-state index in [4.69, 9.17) is 14.5 Å². The molecule has 1 amide bonds. The first-order valence-electron chi connectivity index (χ1n) is 13.4. The van der Waals surface area contributed by atoms with Gasteiger partial charge in [-0.25, -0.2) is 4.99 Å². The summed E-state index contributed by atoms with van der Waals surface area (Å²) >= 11 is 1.46. The number of nitrogens with zero attached hydrogens (tertiary/aromatic N) is 2. The van der Waals surface area contributed by atoms with Crippen molar-refractivity contribution in [2.45, 2.75) is 52.2 Å². The van der Waals surface area contributed by atoms with E-state index < -0.39 is 0 Å². The zero-order valence-electron chi connectivity index (χ0n) is 22.0.